The number of aromatic nitrogens is 4. The summed E-state index contributed by atoms with van der Waals surface area (Å²) in [6.07, 6.45) is 3.64. The highest BCUT2D eigenvalue weighted by Crippen LogP contribution is 2.20. The second-order valence-corrected chi connectivity index (χ2v) is 4.24. The van der Waals surface area contributed by atoms with Gasteiger partial charge in [0.2, 0.25) is 0 Å². The van der Waals surface area contributed by atoms with E-state index in [0.717, 1.165) is 22.3 Å². The molecule has 1 aromatic carbocycles. The molecule has 2 heterocycles. The topological polar surface area (TPSA) is 89.4 Å². The average molecular weight is 243 g/mol. The molecule has 0 bridgehead atoms. The van der Waals surface area contributed by atoms with Gasteiger partial charge in [0.25, 0.3) is 0 Å². The third kappa shape index (κ3) is 1.88. The van der Waals surface area contributed by atoms with Crippen LogP contribution >= 0.6 is 0 Å². The fraction of sp³-hybridized carbons (Fsp3) is 0.167. The number of rotatable bonds is 3. The lowest BCUT2D eigenvalue weighted by Crippen LogP contribution is -2.05. The molecule has 6 heteroatoms. The van der Waals surface area contributed by atoms with Crippen molar-refractivity contribution >= 4 is 16.7 Å². The summed E-state index contributed by atoms with van der Waals surface area (Å²) in [5, 5.41) is 10.1. The number of aromatic amines is 3. The van der Waals surface area contributed by atoms with E-state index in [0.29, 0.717) is 0 Å². The Morgan fingerprint density at radius 3 is 2.89 bits per heavy atom. The van der Waals surface area contributed by atoms with Crippen molar-refractivity contribution in [1.82, 2.24) is 20.2 Å². The molecule has 1 unspecified atom stereocenters. The number of hydrogen-bond donors (Lipinski definition) is 4. The first-order valence-electron chi connectivity index (χ1n) is 5.69. The smallest absolute Gasteiger partial charge is 0.323 e. The SMILES string of the molecule is CC(Nc1ccc2[nH]c(=O)[nH]c2c1)c1cn[nH]c1. The Bertz CT molecular complexity index is 709. The Morgan fingerprint density at radius 2 is 2.11 bits per heavy atom. The highest BCUT2D eigenvalue weighted by atomic mass is 16.1. The van der Waals surface area contributed by atoms with Crippen LogP contribution in [0, 0.1) is 0 Å². The van der Waals surface area contributed by atoms with Crippen molar-refractivity contribution in [3.63, 3.8) is 0 Å². The van der Waals surface area contributed by atoms with Crippen LogP contribution in [0.3, 0.4) is 0 Å². The number of nitrogens with zero attached hydrogens (tertiary/aromatic N) is 1. The summed E-state index contributed by atoms with van der Waals surface area (Å²) in [7, 11) is 0. The van der Waals surface area contributed by atoms with Crippen LogP contribution in [0.1, 0.15) is 18.5 Å². The van der Waals surface area contributed by atoms with E-state index in [4.69, 9.17) is 0 Å². The third-order valence-corrected chi connectivity index (χ3v) is 2.92. The zero-order chi connectivity index (χ0) is 12.5. The maximum Gasteiger partial charge on any atom is 0.323 e. The van der Waals surface area contributed by atoms with Crippen LogP contribution in [0.2, 0.25) is 0 Å². The average Bonchev–Trinajstić information content (AvgIpc) is 2.95. The summed E-state index contributed by atoms with van der Waals surface area (Å²) in [5.74, 6) is 0. The molecule has 4 N–H and O–H groups in total. The van der Waals surface area contributed by atoms with E-state index in [1.807, 2.05) is 24.4 Å². The minimum absolute atomic E-state index is 0.145. The van der Waals surface area contributed by atoms with E-state index in [1.54, 1.807) is 6.20 Å². The monoisotopic (exact) mass is 243 g/mol. The van der Waals surface area contributed by atoms with E-state index >= 15 is 0 Å². The molecular formula is C12H13N5O. The van der Waals surface area contributed by atoms with Gasteiger partial charge < -0.3 is 15.3 Å². The zero-order valence-electron chi connectivity index (χ0n) is 9.82. The third-order valence-electron chi connectivity index (χ3n) is 2.92. The van der Waals surface area contributed by atoms with Crippen LogP contribution in [0.25, 0.3) is 11.0 Å². The van der Waals surface area contributed by atoms with Crippen LogP contribution in [0.4, 0.5) is 5.69 Å². The lowest BCUT2D eigenvalue weighted by Gasteiger charge is -2.13. The van der Waals surface area contributed by atoms with Gasteiger partial charge in [-0.3, -0.25) is 5.10 Å². The Morgan fingerprint density at radius 1 is 1.28 bits per heavy atom. The summed E-state index contributed by atoms with van der Waals surface area (Å²) in [6.45, 7) is 2.05. The Kier molecular flexibility index (Phi) is 2.40. The fourth-order valence-electron chi connectivity index (χ4n) is 1.95. The van der Waals surface area contributed by atoms with Gasteiger partial charge >= 0.3 is 5.69 Å². The first kappa shape index (κ1) is 10.6. The minimum Gasteiger partial charge on any atom is -0.378 e. The summed E-state index contributed by atoms with van der Waals surface area (Å²) in [5.41, 5.74) is 3.44. The molecule has 6 nitrogen and oxygen atoms in total. The lowest BCUT2D eigenvalue weighted by atomic mass is 10.2. The molecular weight excluding hydrogens is 230 g/mol. The van der Waals surface area contributed by atoms with E-state index in [-0.39, 0.29) is 11.7 Å². The molecule has 3 aromatic rings. The number of H-pyrrole nitrogens is 3. The molecule has 0 spiro atoms. The molecule has 0 saturated carbocycles. The van der Waals surface area contributed by atoms with Gasteiger partial charge in [-0.05, 0) is 25.1 Å². The molecule has 0 fully saturated rings. The molecule has 1 atom stereocenters. The molecule has 0 saturated heterocycles. The van der Waals surface area contributed by atoms with Crippen LogP contribution in [0.15, 0.2) is 35.4 Å². The number of hydrogen-bond acceptors (Lipinski definition) is 3. The fourth-order valence-corrected chi connectivity index (χ4v) is 1.95. The Balaban J connectivity index is 1.88. The van der Waals surface area contributed by atoms with Crippen molar-refractivity contribution in [2.45, 2.75) is 13.0 Å². The predicted molar refractivity (Wildman–Crippen MR) is 69.5 cm³/mol. The molecule has 0 amide bonds. The van der Waals surface area contributed by atoms with E-state index in [2.05, 4.69) is 32.4 Å². The highest BCUT2D eigenvalue weighted by Gasteiger charge is 2.07. The predicted octanol–water partition coefficient (Wildman–Crippen LogP) is 1.75. The van der Waals surface area contributed by atoms with Gasteiger partial charge in [-0.2, -0.15) is 5.10 Å². The maximum absolute atomic E-state index is 11.2. The number of benzene rings is 1. The number of anilines is 1. The normalized spacial score (nSPS) is 12.7. The minimum atomic E-state index is -0.190. The van der Waals surface area contributed by atoms with Crippen molar-refractivity contribution in [3.05, 3.63) is 46.6 Å². The zero-order valence-corrected chi connectivity index (χ0v) is 9.82. The molecule has 3 rings (SSSR count). The van der Waals surface area contributed by atoms with Crippen molar-refractivity contribution in [3.8, 4) is 0 Å². The molecule has 0 aliphatic carbocycles. The van der Waals surface area contributed by atoms with Gasteiger partial charge in [-0.25, -0.2) is 4.79 Å². The second-order valence-electron chi connectivity index (χ2n) is 4.24. The van der Waals surface area contributed by atoms with Crippen LogP contribution in [-0.4, -0.2) is 20.2 Å². The molecule has 92 valence electrons. The van der Waals surface area contributed by atoms with Gasteiger partial charge in [0.05, 0.1) is 23.3 Å². The van der Waals surface area contributed by atoms with E-state index in [9.17, 15) is 4.79 Å². The standard InChI is InChI=1S/C12H13N5O/c1-7(8-5-13-14-6-8)15-9-2-3-10-11(4-9)17-12(18)16-10/h2-7,15H,1H3,(H,13,14)(H2,16,17,18). The van der Waals surface area contributed by atoms with Gasteiger partial charge in [-0.15, -0.1) is 0 Å². The van der Waals surface area contributed by atoms with Gasteiger partial charge in [0.15, 0.2) is 0 Å². The second kappa shape index (κ2) is 4.06. The summed E-state index contributed by atoms with van der Waals surface area (Å²) < 4.78 is 0. The Labute approximate surface area is 102 Å². The molecule has 0 radical (unpaired) electrons. The summed E-state index contributed by atoms with van der Waals surface area (Å²) >= 11 is 0. The van der Waals surface area contributed by atoms with Crippen LogP contribution in [-0.2, 0) is 0 Å². The number of fused-ring (bicyclic) bond motifs is 1. The first-order chi connectivity index (χ1) is 8.72. The van der Waals surface area contributed by atoms with Gasteiger partial charge in [0, 0.05) is 17.4 Å². The number of nitrogens with one attached hydrogen (secondary N) is 4. The molecule has 0 aliphatic heterocycles. The molecule has 0 aliphatic rings. The molecule has 18 heavy (non-hydrogen) atoms. The largest absolute Gasteiger partial charge is 0.378 e. The quantitative estimate of drug-likeness (QED) is 0.565. The summed E-state index contributed by atoms with van der Waals surface area (Å²) in [6, 6.07) is 5.86. The van der Waals surface area contributed by atoms with Crippen molar-refractivity contribution in [1.29, 1.82) is 0 Å². The van der Waals surface area contributed by atoms with E-state index < -0.39 is 0 Å². The van der Waals surface area contributed by atoms with Gasteiger partial charge in [-0.1, -0.05) is 0 Å². The molecule has 2 aromatic heterocycles. The van der Waals surface area contributed by atoms with Gasteiger partial charge in [0.1, 0.15) is 0 Å². The van der Waals surface area contributed by atoms with Crippen molar-refractivity contribution in [2.75, 3.05) is 5.32 Å². The maximum atomic E-state index is 11.2. The number of imidazole rings is 1. The lowest BCUT2D eigenvalue weighted by molar-refractivity contribution is 0.886. The van der Waals surface area contributed by atoms with E-state index in [1.165, 1.54) is 0 Å². The van der Waals surface area contributed by atoms with Crippen LogP contribution in [0.5, 0.6) is 0 Å². The highest BCUT2D eigenvalue weighted by molar-refractivity contribution is 5.78. The van der Waals surface area contributed by atoms with Crippen molar-refractivity contribution < 1.29 is 0 Å². The summed E-state index contributed by atoms with van der Waals surface area (Å²) in [4.78, 5) is 16.6. The van der Waals surface area contributed by atoms with Crippen LogP contribution < -0.4 is 11.0 Å². The first-order valence-corrected chi connectivity index (χ1v) is 5.69. The van der Waals surface area contributed by atoms with Crippen molar-refractivity contribution in [2.24, 2.45) is 0 Å². The Hall–Kier alpha value is -2.50.